The van der Waals surface area contributed by atoms with E-state index in [1.165, 1.54) is 12.1 Å². The quantitative estimate of drug-likeness (QED) is 0.821. The molecule has 0 heterocycles. The number of likely N-dealkylation sites (N-methyl/N-ethyl adjacent to an activating group) is 1. The number of carbonyl (C=O) groups is 1. The van der Waals surface area contributed by atoms with Crippen LogP contribution >= 0.6 is 11.6 Å². The Morgan fingerprint density at radius 2 is 2.31 bits per heavy atom. The summed E-state index contributed by atoms with van der Waals surface area (Å²) in [5.74, 6) is -0.144. The molecule has 4 heteroatoms. The number of aromatic hydroxyl groups is 1. The lowest BCUT2D eigenvalue weighted by Crippen LogP contribution is -2.30. The van der Waals surface area contributed by atoms with Crippen molar-refractivity contribution in [3.8, 4) is 5.75 Å². The Morgan fingerprint density at radius 1 is 1.62 bits per heavy atom. The predicted molar refractivity (Wildman–Crippen MR) is 64.9 cm³/mol. The molecule has 0 aliphatic rings. The minimum atomic E-state index is -0.121. The van der Waals surface area contributed by atoms with E-state index in [0.717, 1.165) is 0 Å². The van der Waals surface area contributed by atoms with Crippen LogP contribution in [0, 0.1) is 0 Å². The standard InChI is InChI=1S/C12H14ClNO2/c1-3-7-14(4-2)12(16)9-5-6-11(15)10(13)8-9/h3,5-6,8,15H,1,4,7H2,2H3. The summed E-state index contributed by atoms with van der Waals surface area (Å²) in [6, 6.07) is 4.43. The van der Waals surface area contributed by atoms with E-state index in [2.05, 4.69) is 6.58 Å². The van der Waals surface area contributed by atoms with Crippen molar-refractivity contribution in [1.29, 1.82) is 0 Å². The Hall–Kier alpha value is -1.48. The highest BCUT2D eigenvalue weighted by Crippen LogP contribution is 2.24. The lowest BCUT2D eigenvalue weighted by Gasteiger charge is -2.19. The monoisotopic (exact) mass is 239 g/mol. The van der Waals surface area contributed by atoms with Crippen LogP contribution in [0.3, 0.4) is 0 Å². The van der Waals surface area contributed by atoms with Crippen molar-refractivity contribution in [2.75, 3.05) is 13.1 Å². The fourth-order valence-corrected chi connectivity index (χ4v) is 1.51. The molecule has 0 saturated carbocycles. The smallest absolute Gasteiger partial charge is 0.254 e. The normalized spacial score (nSPS) is 9.88. The van der Waals surface area contributed by atoms with Gasteiger partial charge in [-0.15, -0.1) is 6.58 Å². The van der Waals surface area contributed by atoms with Crippen LogP contribution in [0.4, 0.5) is 0 Å². The van der Waals surface area contributed by atoms with Gasteiger partial charge in [-0.05, 0) is 25.1 Å². The molecule has 0 bridgehead atoms. The first kappa shape index (κ1) is 12.6. The Labute approximate surface area is 100.0 Å². The maximum atomic E-state index is 12.0. The molecule has 1 amide bonds. The molecule has 86 valence electrons. The molecular formula is C12H14ClNO2. The van der Waals surface area contributed by atoms with Gasteiger partial charge >= 0.3 is 0 Å². The van der Waals surface area contributed by atoms with Gasteiger partial charge < -0.3 is 10.0 Å². The number of nitrogens with zero attached hydrogens (tertiary/aromatic N) is 1. The van der Waals surface area contributed by atoms with Crippen molar-refractivity contribution in [2.24, 2.45) is 0 Å². The fourth-order valence-electron chi connectivity index (χ4n) is 1.33. The number of carbonyl (C=O) groups excluding carboxylic acids is 1. The molecule has 16 heavy (non-hydrogen) atoms. The average Bonchev–Trinajstić information content (AvgIpc) is 2.28. The molecule has 3 nitrogen and oxygen atoms in total. The van der Waals surface area contributed by atoms with Gasteiger partial charge in [0.2, 0.25) is 0 Å². The summed E-state index contributed by atoms with van der Waals surface area (Å²) in [7, 11) is 0. The Balaban J connectivity index is 2.94. The van der Waals surface area contributed by atoms with Gasteiger partial charge in [0.1, 0.15) is 5.75 Å². The fraction of sp³-hybridized carbons (Fsp3) is 0.250. The molecule has 0 atom stereocenters. The van der Waals surface area contributed by atoms with E-state index in [1.54, 1.807) is 17.0 Å². The summed E-state index contributed by atoms with van der Waals surface area (Å²) < 4.78 is 0. The van der Waals surface area contributed by atoms with Crippen LogP contribution in [0.2, 0.25) is 5.02 Å². The molecule has 0 unspecified atom stereocenters. The molecule has 1 aromatic carbocycles. The van der Waals surface area contributed by atoms with Crippen molar-refractivity contribution >= 4 is 17.5 Å². The molecule has 1 N–H and O–H groups in total. The molecule has 0 saturated heterocycles. The van der Waals surface area contributed by atoms with Gasteiger partial charge in [0.15, 0.2) is 0 Å². The van der Waals surface area contributed by atoms with Crippen LogP contribution in [0.15, 0.2) is 30.9 Å². The number of phenolic OH excluding ortho intramolecular Hbond substituents is 1. The molecule has 0 aromatic heterocycles. The van der Waals surface area contributed by atoms with Crippen molar-refractivity contribution in [2.45, 2.75) is 6.92 Å². The zero-order valence-electron chi connectivity index (χ0n) is 9.11. The van der Waals surface area contributed by atoms with Crippen molar-refractivity contribution in [1.82, 2.24) is 4.90 Å². The van der Waals surface area contributed by atoms with Gasteiger partial charge in [0.05, 0.1) is 5.02 Å². The number of halogens is 1. The third-order valence-electron chi connectivity index (χ3n) is 2.21. The minimum Gasteiger partial charge on any atom is -0.506 e. The zero-order valence-corrected chi connectivity index (χ0v) is 9.87. The van der Waals surface area contributed by atoms with Crippen LogP contribution in [-0.2, 0) is 0 Å². The van der Waals surface area contributed by atoms with Crippen molar-refractivity contribution in [3.63, 3.8) is 0 Å². The molecule has 1 rings (SSSR count). The van der Waals surface area contributed by atoms with E-state index >= 15 is 0 Å². The van der Waals surface area contributed by atoms with Crippen LogP contribution in [0.5, 0.6) is 5.75 Å². The third-order valence-corrected chi connectivity index (χ3v) is 2.52. The zero-order chi connectivity index (χ0) is 12.1. The summed E-state index contributed by atoms with van der Waals surface area (Å²) >= 11 is 5.74. The molecular weight excluding hydrogens is 226 g/mol. The Kier molecular flexibility index (Phi) is 4.38. The van der Waals surface area contributed by atoms with Gasteiger partial charge in [-0.25, -0.2) is 0 Å². The number of benzene rings is 1. The second-order valence-corrected chi connectivity index (χ2v) is 3.71. The number of hydrogen-bond donors (Lipinski definition) is 1. The van der Waals surface area contributed by atoms with E-state index < -0.39 is 0 Å². The SMILES string of the molecule is C=CCN(CC)C(=O)c1ccc(O)c(Cl)c1. The van der Waals surface area contributed by atoms with Gasteiger partial charge in [-0.1, -0.05) is 17.7 Å². The maximum Gasteiger partial charge on any atom is 0.254 e. The van der Waals surface area contributed by atoms with E-state index in [9.17, 15) is 9.90 Å². The largest absolute Gasteiger partial charge is 0.506 e. The van der Waals surface area contributed by atoms with Gasteiger partial charge in [0, 0.05) is 18.7 Å². The van der Waals surface area contributed by atoms with Gasteiger partial charge in [-0.2, -0.15) is 0 Å². The third kappa shape index (κ3) is 2.76. The second-order valence-electron chi connectivity index (χ2n) is 3.30. The first-order chi connectivity index (χ1) is 7.60. The highest BCUT2D eigenvalue weighted by molar-refractivity contribution is 6.32. The Bertz CT molecular complexity index is 404. The molecule has 0 aliphatic heterocycles. The number of rotatable bonds is 4. The van der Waals surface area contributed by atoms with Crippen LogP contribution in [0.1, 0.15) is 17.3 Å². The first-order valence-corrected chi connectivity index (χ1v) is 5.36. The van der Waals surface area contributed by atoms with Crippen LogP contribution < -0.4 is 0 Å². The second kappa shape index (κ2) is 5.56. The number of amides is 1. The van der Waals surface area contributed by atoms with Crippen LogP contribution in [-0.4, -0.2) is 29.0 Å². The van der Waals surface area contributed by atoms with E-state index in [-0.39, 0.29) is 16.7 Å². The highest BCUT2D eigenvalue weighted by Gasteiger charge is 2.13. The summed E-state index contributed by atoms with van der Waals surface area (Å²) in [6.07, 6.45) is 1.67. The molecule has 0 radical (unpaired) electrons. The van der Waals surface area contributed by atoms with Crippen molar-refractivity contribution in [3.05, 3.63) is 41.4 Å². The average molecular weight is 240 g/mol. The topological polar surface area (TPSA) is 40.5 Å². The number of hydrogen-bond acceptors (Lipinski definition) is 2. The maximum absolute atomic E-state index is 12.0. The van der Waals surface area contributed by atoms with Crippen molar-refractivity contribution < 1.29 is 9.90 Å². The molecule has 1 aromatic rings. The summed E-state index contributed by atoms with van der Waals surface area (Å²) in [4.78, 5) is 13.6. The Morgan fingerprint density at radius 3 is 2.81 bits per heavy atom. The highest BCUT2D eigenvalue weighted by atomic mass is 35.5. The lowest BCUT2D eigenvalue weighted by molar-refractivity contribution is 0.0782. The molecule has 0 fully saturated rings. The van der Waals surface area contributed by atoms with Gasteiger partial charge in [0.25, 0.3) is 5.91 Å². The summed E-state index contributed by atoms with van der Waals surface area (Å²) in [6.45, 7) is 6.58. The summed E-state index contributed by atoms with van der Waals surface area (Å²) in [5, 5.41) is 9.43. The van der Waals surface area contributed by atoms with E-state index in [4.69, 9.17) is 11.6 Å². The molecule has 0 aliphatic carbocycles. The minimum absolute atomic E-state index is 0.0232. The van der Waals surface area contributed by atoms with E-state index in [0.29, 0.717) is 18.7 Å². The van der Waals surface area contributed by atoms with Crippen LogP contribution in [0.25, 0.3) is 0 Å². The summed E-state index contributed by atoms with van der Waals surface area (Å²) in [5.41, 5.74) is 0.464. The first-order valence-electron chi connectivity index (χ1n) is 4.98. The molecule has 0 spiro atoms. The predicted octanol–water partition coefficient (Wildman–Crippen LogP) is 2.69. The lowest BCUT2D eigenvalue weighted by atomic mass is 10.2. The van der Waals surface area contributed by atoms with E-state index in [1.807, 2.05) is 6.92 Å². The number of phenols is 1. The van der Waals surface area contributed by atoms with Gasteiger partial charge in [-0.3, -0.25) is 4.79 Å².